The number of carbonyl (C=O) groups excluding carboxylic acids is 1. The highest BCUT2D eigenvalue weighted by atomic mass is 35.5. The molecule has 0 aliphatic heterocycles. The van der Waals surface area contributed by atoms with Gasteiger partial charge in [0.25, 0.3) is 5.24 Å². The topological polar surface area (TPSA) is 51.0 Å². The standard InChI is InChI=1S/C16H19ClN4OS/c1-3-20(4-2)16(22)23-15-19-18-14(11-5-6-11)21(15)13-9-7-12(17)8-10-13/h7-11H,3-6H2,1-2H3. The Hall–Kier alpha value is -1.53. The number of nitrogens with zero attached hydrogens (tertiary/aromatic N) is 4. The molecule has 1 amide bonds. The van der Waals surface area contributed by atoms with Gasteiger partial charge in [-0.2, -0.15) is 0 Å². The van der Waals surface area contributed by atoms with E-state index in [0.29, 0.717) is 29.2 Å². The smallest absolute Gasteiger partial charge is 0.289 e. The molecule has 1 heterocycles. The van der Waals surface area contributed by atoms with E-state index in [2.05, 4.69) is 10.2 Å². The van der Waals surface area contributed by atoms with Crippen molar-refractivity contribution in [3.05, 3.63) is 35.1 Å². The number of carbonyl (C=O) groups is 1. The van der Waals surface area contributed by atoms with Gasteiger partial charge in [0.2, 0.25) is 5.16 Å². The largest absolute Gasteiger partial charge is 0.334 e. The second kappa shape index (κ2) is 6.93. The van der Waals surface area contributed by atoms with Crippen LogP contribution in [0.15, 0.2) is 29.4 Å². The van der Waals surface area contributed by atoms with E-state index in [-0.39, 0.29) is 5.24 Å². The number of benzene rings is 1. The summed E-state index contributed by atoms with van der Waals surface area (Å²) in [4.78, 5) is 14.2. The third-order valence-corrected chi connectivity index (χ3v) is 5.02. The van der Waals surface area contributed by atoms with Crippen molar-refractivity contribution in [2.75, 3.05) is 13.1 Å². The Morgan fingerprint density at radius 3 is 2.48 bits per heavy atom. The number of hydrogen-bond donors (Lipinski definition) is 0. The number of halogens is 1. The second-order valence-corrected chi connectivity index (χ2v) is 6.82. The van der Waals surface area contributed by atoms with Gasteiger partial charge < -0.3 is 4.90 Å². The normalized spacial score (nSPS) is 14.0. The minimum Gasteiger partial charge on any atom is -0.334 e. The number of amides is 1. The predicted molar refractivity (Wildman–Crippen MR) is 92.5 cm³/mol. The van der Waals surface area contributed by atoms with Crippen LogP contribution in [0.2, 0.25) is 5.02 Å². The van der Waals surface area contributed by atoms with Crippen LogP contribution in [0.25, 0.3) is 5.69 Å². The first-order chi connectivity index (χ1) is 11.1. The summed E-state index contributed by atoms with van der Waals surface area (Å²) in [6.45, 7) is 5.32. The zero-order valence-corrected chi connectivity index (χ0v) is 14.8. The van der Waals surface area contributed by atoms with Crippen molar-refractivity contribution >= 4 is 28.6 Å². The SMILES string of the molecule is CCN(CC)C(=O)Sc1nnc(C2CC2)n1-c1ccc(Cl)cc1. The van der Waals surface area contributed by atoms with Crippen molar-refractivity contribution < 1.29 is 4.79 Å². The minimum absolute atomic E-state index is 0.0000366. The predicted octanol–water partition coefficient (Wildman–Crippen LogP) is 4.35. The van der Waals surface area contributed by atoms with Crippen LogP contribution in [0.1, 0.15) is 38.4 Å². The molecule has 1 aliphatic rings. The van der Waals surface area contributed by atoms with Crippen LogP contribution in [0.4, 0.5) is 4.79 Å². The molecule has 0 N–H and O–H groups in total. The molecule has 1 aliphatic carbocycles. The highest BCUT2D eigenvalue weighted by Gasteiger charge is 2.31. The molecule has 3 rings (SSSR count). The summed E-state index contributed by atoms with van der Waals surface area (Å²) in [5.74, 6) is 1.37. The van der Waals surface area contributed by atoms with Gasteiger partial charge in [-0.25, -0.2) is 0 Å². The molecule has 0 radical (unpaired) electrons. The van der Waals surface area contributed by atoms with E-state index in [4.69, 9.17) is 11.6 Å². The van der Waals surface area contributed by atoms with Crippen molar-refractivity contribution in [1.29, 1.82) is 0 Å². The van der Waals surface area contributed by atoms with Gasteiger partial charge in [-0.15, -0.1) is 10.2 Å². The Labute approximate surface area is 145 Å². The number of aromatic nitrogens is 3. The first kappa shape index (κ1) is 16.3. The van der Waals surface area contributed by atoms with Gasteiger partial charge >= 0.3 is 0 Å². The maximum atomic E-state index is 12.4. The maximum absolute atomic E-state index is 12.4. The zero-order chi connectivity index (χ0) is 16.4. The lowest BCUT2D eigenvalue weighted by Crippen LogP contribution is -2.27. The van der Waals surface area contributed by atoms with Crippen LogP contribution in [-0.2, 0) is 0 Å². The third kappa shape index (κ3) is 3.53. The molecular formula is C16H19ClN4OS. The molecule has 122 valence electrons. The Morgan fingerprint density at radius 1 is 1.26 bits per heavy atom. The molecule has 1 aromatic heterocycles. The van der Waals surface area contributed by atoms with Crippen molar-refractivity contribution in [3.8, 4) is 5.69 Å². The molecule has 0 saturated heterocycles. The summed E-state index contributed by atoms with van der Waals surface area (Å²) < 4.78 is 1.99. The summed E-state index contributed by atoms with van der Waals surface area (Å²) in [6.07, 6.45) is 2.25. The molecule has 1 saturated carbocycles. The Balaban J connectivity index is 1.94. The van der Waals surface area contributed by atoms with Gasteiger partial charge in [0.15, 0.2) is 0 Å². The summed E-state index contributed by atoms with van der Waals surface area (Å²) in [6, 6.07) is 7.55. The fourth-order valence-electron chi connectivity index (χ4n) is 2.41. The van der Waals surface area contributed by atoms with E-state index in [1.54, 1.807) is 4.90 Å². The Bertz CT molecular complexity index is 693. The van der Waals surface area contributed by atoms with Gasteiger partial charge in [-0.05, 0) is 51.0 Å². The Kier molecular flexibility index (Phi) is 4.92. The molecular weight excluding hydrogens is 332 g/mol. The Morgan fingerprint density at radius 2 is 1.91 bits per heavy atom. The van der Waals surface area contributed by atoms with Gasteiger partial charge in [-0.1, -0.05) is 11.6 Å². The van der Waals surface area contributed by atoms with Gasteiger partial charge in [0.05, 0.1) is 0 Å². The average Bonchev–Trinajstić information content (AvgIpc) is 3.31. The molecule has 23 heavy (non-hydrogen) atoms. The van der Waals surface area contributed by atoms with Crippen molar-refractivity contribution in [2.45, 2.75) is 37.8 Å². The van der Waals surface area contributed by atoms with E-state index in [1.165, 1.54) is 0 Å². The van der Waals surface area contributed by atoms with E-state index in [9.17, 15) is 4.79 Å². The summed E-state index contributed by atoms with van der Waals surface area (Å²) in [5.41, 5.74) is 0.941. The van der Waals surface area contributed by atoms with Crippen molar-refractivity contribution in [3.63, 3.8) is 0 Å². The van der Waals surface area contributed by atoms with Gasteiger partial charge in [0.1, 0.15) is 5.82 Å². The van der Waals surface area contributed by atoms with E-state index in [1.807, 2.05) is 42.7 Å². The number of rotatable bonds is 5. The van der Waals surface area contributed by atoms with Crippen LogP contribution in [0, 0.1) is 0 Å². The highest BCUT2D eigenvalue weighted by Crippen LogP contribution is 2.41. The quantitative estimate of drug-likeness (QED) is 0.752. The van der Waals surface area contributed by atoms with Crippen LogP contribution >= 0.6 is 23.4 Å². The first-order valence-electron chi connectivity index (χ1n) is 7.82. The van der Waals surface area contributed by atoms with E-state index >= 15 is 0 Å². The summed E-state index contributed by atoms with van der Waals surface area (Å²) in [5, 5.41) is 9.89. The zero-order valence-electron chi connectivity index (χ0n) is 13.2. The lowest BCUT2D eigenvalue weighted by Gasteiger charge is -2.17. The second-order valence-electron chi connectivity index (χ2n) is 5.47. The summed E-state index contributed by atoms with van der Waals surface area (Å²) >= 11 is 7.12. The molecule has 7 heteroatoms. The highest BCUT2D eigenvalue weighted by molar-refractivity contribution is 8.13. The van der Waals surface area contributed by atoms with E-state index < -0.39 is 0 Å². The molecule has 1 fully saturated rings. The summed E-state index contributed by atoms with van der Waals surface area (Å²) in [7, 11) is 0. The van der Waals surface area contributed by atoms with Crippen LogP contribution in [-0.4, -0.2) is 38.0 Å². The number of thioether (sulfide) groups is 1. The van der Waals surface area contributed by atoms with Gasteiger partial charge in [-0.3, -0.25) is 9.36 Å². The van der Waals surface area contributed by atoms with Crippen LogP contribution < -0.4 is 0 Å². The molecule has 0 spiro atoms. The number of hydrogen-bond acceptors (Lipinski definition) is 4. The van der Waals surface area contributed by atoms with Crippen LogP contribution in [0.5, 0.6) is 0 Å². The van der Waals surface area contributed by atoms with E-state index in [0.717, 1.165) is 36.1 Å². The average molecular weight is 351 g/mol. The molecule has 0 unspecified atom stereocenters. The lowest BCUT2D eigenvalue weighted by molar-refractivity contribution is 0.228. The monoisotopic (exact) mass is 350 g/mol. The maximum Gasteiger partial charge on any atom is 0.289 e. The fourth-order valence-corrected chi connectivity index (χ4v) is 3.45. The molecule has 0 atom stereocenters. The molecule has 5 nitrogen and oxygen atoms in total. The lowest BCUT2D eigenvalue weighted by atomic mass is 10.3. The van der Waals surface area contributed by atoms with Crippen molar-refractivity contribution in [2.24, 2.45) is 0 Å². The molecule has 1 aromatic carbocycles. The third-order valence-electron chi connectivity index (χ3n) is 3.89. The first-order valence-corrected chi connectivity index (χ1v) is 9.01. The van der Waals surface area contributed by atoms with Gasteiger partial charge in [0, 0.05) is 41.5 Å². The minimum atomic E-state index is -0.0000366. The van der Waals surface area contributed by atoms with Crippen LogP contribution in [0.3, 0.4) is 0 Å². The molecule has 0 bridgehead atoms. The fraction of sp³-hybridized carbons (Fsp3) is 0.438. The van der Waals surface area contributed by atoms with Crippen molar-refractivity contribution in [1.82, 2.24) is 19.7 Å². The molecule has 2 aromatic rings.